The van der Waals surface area contributed by atoms with Crippen molar-refractivity contribution < 1.29 is 30.3 Å². The summed E-state index contributed by atoms with van der Waals surface area (Å²) in [6.45, 7) is 0. The number of methoxy groups -OCH3 is 1. The molecule has 1 aromatic carbocycles. The Bertz CT molecular complexity index is 545. The highest BCUT2D eigenvalue weighted by molar-refractivity contribution is 5.78. The van der Waals surface area contributed by atoms with Crippen molar-refractivity contribution in [2.24, 2.45) is 4.99 Å². The lowest BCUT2D eigenvalue weighted by atomic mass is 9.83. The average molecular weight is 267 g/mol. The smallest absolute Gasteiger partial charge is 0.228 e. The molecule has 0 radical (unpaired) electrons. The number of hydrogen-bond acceptors (Lipinski definition) is 7. The van der Waals surface area contributed by atoms with E-state index in [0.717, 1.165) is 12.3 Å². The largest absolute Gasteiger partial charge is 0.507 e. The third-order valence-corrected chi connectivity index (χ3v) is 2.88. The fourth-order valence-electron chi connectivity index (χ4n) is 1.85. The monoisotopic (exact) mass is 267 g/mol. The topological polar surface area (TPSA) is 123 Å². The second kappa shape index (κ2) is 4.23. The molecule has 0 aromatic heterocycles. The number of hydrogen-bond donors (Lipinski definition) is 5. The summed E-state index contributed by atoms with van der Waals surface area (Å²) < 4.78 is 4.72. The van der Waals surface area contributed by atoms with Gasteiger partial charge in [-0.25, -0.2) is 4.99 Å². The number of ether oxygens (including phenoxy) is 1. The van der Waals surface area contributed by atoms with E-state index in [1.807, 2.05) is 0 Å². The molecular formula is C12H13NO6. The van der Waals surface area contributed by atoms with Crippen LogP contribution in [0.25, 0.3) is 0 Å². The van der Waals surface area contributed by atoms with Crippen LogP contribution in [0.5, 0.6) is 11.5 Å². The molecule has 1 aromatic rings. The van der Waals surface area contributed by atoms with Gasteiger partial charge >= 0.3 is 0 Å². The van der Waals surface area contributed by atoms with Gasteiger partial charge in [0.2, 0.25) is 11.7 Å². The van der Waals surface area contributed by atoms with Gasteiger partial charge in [-0.05, 0) is 12.1 Å². The van der Waals surface area contributed by atoms with E-state index < -0.39 is 28.5 Å². The summed E-state index contributed by atoms with van der Waals surface area (Å²) in [7, 11) is 1.26. The van der Waals surface area contributed by atoms with Crippen LogP contribution in [0, 0.1) is 0 Å². The first-order chi connectivity index (χ1) is 8.82. The molecule has 0 fully saturated rings. The molecule has 0 aliphatic carbocycles. The predicted molar refractivity (Wildman–Crippen MR) is 64.4 cm³/mol. The van der Waals surface area contributed by atoms with Gasteiger partial charge in [-0.3, -0.25) is 0 Å². The van der Waals surface area contributed by atoms with E-state index in [9.17, 15) is 25.5 Å². The van der Waals surface area contributed by atoms with Crippen molar-refractivity contribution in [1.29, 1.82) is 0 Å². The number of benzene rings is 1. The first kappa shape index (κ1) is 13.3. The molecule has 0 saturated carbocycles. The van der Waals surface area contributed by atoms with E-state index in [-0.39, 0.29) is 5.88 Å². The third-order valence-electron chi connectivity index (χ3n) is 2.88. The minimum Gasteiger partial charge on any atom is -0.507 e. The van der Waals surface area contributed by atoms with Gasteiger partial charge in [0.25, 0.3) is 0 Å². The molecule has 1 atom stereocenters. The lowest BCUT2D eigenvalue weighted by Crippen LogP contribution is -2.53. The van der Waals surface area contributed by atoms with Crippen molar-refractivity contribution in [3.63, 3.8) is 0 Å². The summed E-state index contributed by atoms with van der Waals surface area (Å²) in [5.41, 5.74) is -2.97. The molecule has 1 heterocycles. The quantitative estimate of drug-likeness (QED) is 0.462. The zero-order valence-corrected chi connectivity index (χ0v) is 9.98. The van der Waals surface area contributed by atoms with Gasteiger partial charge in [0.1, 0.15) is 11.5 Å². The van der Waals surface area contributed by atoms with E-state index in [1.54, 1.807) is 0 Å². The number of phenols is 2. The second-order valence-corrected chi connectivity index (χ2v) is 4.11. The van der Waals surface area contributed by atoms with Gasteiger partial charge in [-0.1, -0.05) is 6.07 Å². The van der Waals surface area contributed by atoms with Crippen LogP contribution in [0.1, 0.15) is 5.56 Å². The van der Waals surface area contributed by atoms with Crippen molar-refractivity contribution in [2.45, 2.75) is 11.4 Å². The maximum atomic E-state index is 10.4. The molecule has 102 valence electrons. The van der Waals surface area contributed by atoms with Gasteiger partial charge in [-0.15, -0.1) is 0 Å². The van der Waals surface area contributed by atoms with Crippen molar-refractivity contribution in [1.82, 2.24) is 0 Å². The first-order valence-electron chi connectivity index (χ1n) is 5.32. The van der Waals surface area contributed by atoms with Gasteiger partial charge in [0, 0.05) is 6.08 Å². The minimum absolute atomic E-state index is 0.121. The molecule has 0 bridgehead atoms. The minimum atomic E-state index is -2.81. The van der Waals surface area contributed by atoms with Crippen LogP contribution in [0.4, 0.5) is 0 Å². The summed E-state index contributed by atoms with van der Waals surface area (Å²) in [6, 6.07) is 3.71. The van der Waals surface area contributed by atoms with Crippen LogP contribution in [0.15, 0.2) is 35.2 Å². The molecule has 0 spiro atoms. The van der Waals surface area contributed by atoms with Crippen LogP contribution in [-0.2, 0) is 10.3 Å². The Balaban J connectivity index is 2.62. The zero-order valence-electron chi connectivity index (χ0n) is 9.98. The molecule has 1 unspecified atom stereocenters. The number of rotatable bonds is 2. The second-order valence-electron chi connectivity index (χ2n) is 4.11. The van der Waals surface area contributed by atoms with Crippen molar-refractivity contribution in [3.05, 3.63) is 35.7 Å². The maximum absolute atomic E-state index is 10.4. The third kappa shape index (κ3) is 1.93. The number of phenolic OH excluding ortho intramolecular Hbond substituents is 2. The predicted octanol–water partition coefficient (Wildman–Crippen LogP) is -0.462. The Kier molecular flexibility index (Phi) is 2.97. The molecule has 2 rings (SSSR count). The molecule has 1 aliphatic rings. The summed E-state index contributed by atoms with van der Waals surface area (Å²) in [4.78, 5) is 3.68. The fraction of sp³-hybridized carbons (Fsp3) is 0.250. The Morgan fingerprint density at radius 2 is 1.68 bits per heavy atom. The standard InChI is InChI=1S/C12H13NO6/c1-19-9-5-12(17,18)11(16,6-13-9)10-7(14)3-2-4-8(10)15/h2-6,14-18H,1H3. The zero-order chi connectivity index (χ0) is 14.3. The molecule has 0 saturated heterocycles. The van der Waals surface area contributed by atoms with Gasteiger partial charge in [0.05, 0.1) is 18.9 Å². The van der Waals surface area contributed by atoms with Crippen LogP contribution >= 0.6 is 0 Å². The highest BCUT2D eigenvalue weighted by Crippen LogP contribution is 2.43. The summed E-state index contributed by atoms with van der Waals surface area (Å²) in [6.07, 6.45) is 1.54. The molecule has 7 nitrogen and oxygen atoms in total. The van der Waals surface area contributed by atoms with Gasteiger partial charge < -0.3 is 30.3 Å². The Labute approximate surface area is 108 Å². The summed E-state index contributed by atoms with van der Waals surface area (Å²) >= 11 is 0. The van der Waals surface area contributed by atoms with E-state index >= 15 is 0 Å². The van der Waals surface area contributed by atoms with Crippen LogP contribution in [-0.4, -0.2) is 44.6 Å². The molecule has 5 N–H and O–H groups in total. The SMILES string of the molecule is COC1=CC(O)(O)C(O)(c2c(O)cccc2O)C=N1. The fourth-order valence-corrected chi connectivity index (χ4v) is 1.85. The number of nitrogens with zero attached hydrogens (tertiary/aromatic N) is 1. The summed E-state index contributed by atoms with van der Waals surface area (Å²) in [5.74, 6) is -3.94. The molecule has 1 aliphatic heterocycles. The maximum Gasteiger partial charge on any atom is 0.228 e. The first-order valence-corrected chi connectivity index (χ1v) is 5.32. The lowest BCUT2D eigenvalue weighted by molar-refractivity contribution is -0.221. The Hall–Kier alpha value is -2.09. The van der Waals surface area contributed by atoms with Gasteiger partial charge in [-0.2, -0.15) is 0 Å². The highest BCUT2D eigenvalue weighted by Gasteiger charge is 2.52. The molecule has 7 heteroatoms. The van der Waals surface area contributed by atoms with Crippen LogP contribution in [0.2, 0.25) is 0 Å². The molecular weight excluding hydrogens is 254 g/mol. The highest BCUT2D eigenvalue weighted by atomic mass is 16.5. The number of aliphatic hydroxyl groups is 3. The summed E-state index contributed by atoms with van der Waals surface area (Å²) in [5, 5.41) is 49.7. The van der Waals surface area contributed by atoms with E-state index in [4.69, 9.17) is 4.74 Å². The van der Waals surface area contributed by atoms with Gasteiger partial charge in [0.15, 0.2) is 5.60 Å². The number of aliphatic imine (C=N–C) groups is 1. The van der Waals surface area contributed by atoms with Crippen LogP contribution in [0.3, 0.4) is 0 Å². The van der Waals surface area contributed by atoms with Crippen molar-refractivity contribution in [3.8, 4) is 11.5 Å². The number of aromatic hydroxyl groups is 2. The Morgan fingerprint density at radius 3 is 2.16 bits per heavy atom. The van der Waals surface area contributed by atoms with Crippen molar-refractivity contribution >= 4 is 6.21 Å². The Morgan fingerprint density at radius 1 is 1.11 bits per heavy atom. The van der Waals surface area contributed by atoms with E-state index in [1.165, 1.54) is 25.3 Å². The average Bonchev–Trinajstić information content (AvgIpc) is 2.32. The van der Waals surface area contributed by atoms with Crippen LogP contribution < -0.4 is 0 Å². The normalized spacial score (nSPS) is 24.9. The van der Waals surface area contributed by atoms with E-state index in [0.29, 0.717) is 0 Å². The molecule has 19 heavy (non-hydrogen) atoms. The van der Waals surface area contributed by atoms with E-state index in [2.05, 4.69) is 4.99 Å². The molecule has 0 amide bonds. The lowest BCUT2D eigenvalue weighted by Gasteiger charge is -2.37. The van der Waals surface area contributed by atoms with Crippen molar-refractivity contribution in [2.75, 3.05) is 7.11 Å².